The van der Waals surface area contributed by atoms with Crippen LogP contribution < -0.4 is 5.48 Å². The van der Waals surface area contributed by atoms with Gasteiger partial charge in [0, 0.05) is 38.2 Å². The molecular formula is C16H20N4O3. The number of amides is 2. The number of hydrogen-bond donors (Lipinski definition) is 2. The Morgan fingerprint density at radius 2 is 2.17 bits per heavy atom. The Hall–Kier alpha value is -2.54. The molecule has 2 amide bonds. The van der Waals surface area contributed by atoms with Crippen LogP contribution in [0.1, 0.15) is 45.9 Å². The van der Waals surface area contributed by atoms with E-state index in [1.54, 1.807) is 17.7 Å². The van der Waals surface area contributed by atoms with E-state index in [1.165, 1.54) is 0 Å². The van der Waals surface area contributed by atoms with Crippen molar-refractivity contribution in [2.24, 2.45) is 7.05 Å². The zero-order valence-electron chi connectivity index (χ0n) is 13.2. The van der Waals surface area contributed by atoms with E-state index < -0.39 is 5.91 Å². The van der Waals surface area contributed by atoms with Crippen molar-refractivity contribution in [3.05, 3.63) is 47.5 Å². The van der Waals surface area contributed by atoms with Crippen molar-refractivity contribution in [1.29, 1.82) is 0 Å². The number of hydroxylamine groups is 1. The molecule has 0 bridgehead atoms. The first-order valence-corrected chi connectivity index (χ1v) is 7.63. The average Bonchev–Trinajstić information content (AvgIpc) is 3.18. The van der Waals surface area contributed by atoms with Crippen LogP contribution >= 0.6 is 0 Å². The number of rotatable bonds is 3. The Morgan fingerprint density at radius 3 is 2.78 bits per heavy atom. The van der Waals surface area contributed by atoms with Gasteiger partial charge in [-0.15, -0.1) is 0 Å². The van der Waals surface area contributed by atoms with E-state index in [1.807, 2.05) is 46.3 Å². The Morgan fingerprint density at radius 1 is 1.39 bits per heavy atom. The van der Waals surface area contributed by atoms with E-state index in [2.05, 4.69) is 0 Å². The van der Waals surface area contributed by atoms with Gasteiger partial charge in [0.25, 0.3) is 11.8 Å². The fourth-order valence-electron chi connectivity index (χ4n) is 3.23. The molecule has 3 rings (SSSR count). The summed E-state index contributed by atoms with van der Waals surface area (Å²) in [6.07, 6.45) is 4.32. The molecule has 2 aromatic rings. The lowest BCUT2D eigenvalue weighted by Gasteiger charge is -2.36. The van der Waals surface area contributed by atoms with Gasteiger partial charge in [-0.1, -0.05) is 6.92 Å². The highest BCUT2D eigenvalue weighted by Crippen LogP contribution is 2.31. The molecule has 0 saturated heterocycles. The number of nitrogens with zero attached hydrogens (tertiary/aromatic N) is 3. The van der Waals surface area contributed by atoms with Gasteiger partial charge in [0.05, 0.1) is 11.6 Å². The molecule has 2 aromatic heterocycles. The van der Waals surface area contributed by atoms with Crippen molar-refractivity contribution in [2.45, 2.75) is 25.9 Å². The van der Waals surface area contributed by atoms with Gasteiger partial charge in [0.1, 0.15) is 5.69 Å². The maximum Gasteiger partial charge on any atom is 0.276 e. The van der Waals surface area contributed by atoms with E-state index >= 15 is 0 Å². The molecule has 3 heterocycles. The number of fused-ring (bicyclic) bond motifs is 1. The van der Waals surface area contributed by atoms with E-state index in [9.17, 15) is 9.59 Å². The minimum Gasteiger partial charge on any atom is -0.347 e. The van der Waals surface area contributed by atoms with Crippen LogP contribution in [0.4, 0.5) is 0 Å². The minimum atomic E-state index is -0.540. The lowest BCUT2D eigenvalue weighted by Crippen LogP contribution is -2.42. The van der Waals surface area contributed by atoms with E-state index in [-0.39, 0.29) is 11.9 Å². The summed E-state index contributed by atoms with van der Waals surface area (Å²) in [4.78, 5) is 26.3. The first-order valence-electron chi connectivity index (χ1n) is 7.63. The molecule has 0 saturated carbocycles. The molecule has 0 aromatic carbocycles. The highest BCUT2D eigenvalue weighted by atomic mass is 16.5. The number of carbonyl (C=O) groups excluding carboxylic acids is 2. The van der Waals surface area contributed by atoms with Gasteiger partial charge in [-0.05, 0) is 24.6 Å². The Kier molecular flexibility index (Phi) is 3.96. The number of aryl methyl sites for hydroxylation is 1. The molecule has 1 aliphatic rings. The van der Waals surface area contributed by atoms with Crippen LogP contribution in [0.3, 0.4) is 0 Å². The lowest BCUT2D eigenvalue weighted by atomic mass is 10.1. The number of aromatic nitrogens is 2. The molecule has 7 nitrogen and oxygen atoms in total. The van der Waals surface area contributed by atoms with Crippen LogP contribution in [0.15, 0.2) is 30.6 Å². The number of carbonyl (C=O) groups is 2. The second kappa shape index (κ2) is 5.92. The Labute approximate surface area is 134 Å². The highest BCUT2D eigenvalue weighted by molar-refractivity contribution is 5.94. The Balaban J connectivity index is 1.94. The van der Waals surface area contributed by atoms with Gasteiger partial charge in [-0.2, -0.15) is 0 Å². The molecule has 1 atom stereocenters. The molecule has 0 aliphatic carbocycles. The van der Waals surface area contributed by atoms with Crippen molar-refractivity contribution in [3.63, 3.8) is 0 Å². The third-order valence-electron chi connectivity index (χ3n) is 4.40. The molecule has 2 N–H and O–H groups in total. The van der Waals surface area contributed by atoms with Gasteiger partial charge < -0.3 is 14.0 Å². The third kappa shape index (κ3) is 2.53. The summed E-state index contributed by atoms with van der Waals surface area (Å²) in [7, 11) is 1.85. The van der Waals surface area contributed by atoms with Gasteiger partial charge >= 0.3 is 0 Å². The van der Waals surface area contributed by atoms with Crippen molar-refractivity contribution < 1.29 is 14.8 Å². The minimum absolute atomic E-state index is 0.00930. The third-order valence-corrected chi connectivity index (χ3v) is 4.40. The maximum atomic E-state index is 12.8. The summed E-state index contributed by atoms with van der Waals surface area (Å²) >= 11 is 0. The van der Waals surface area contributed by atoms with Crippen LogP contribution in [0, 0.1) is 0 Å². The molecule has 0 fully saturated rings. The summed E-state index contributed by atoms with van der Waals surface area (Å²) in [6.45, 7) is 3.23. The molecule has 23 heavy (non-hydrogen) atoms. The van der Waals surface area contributed by atoms with Crippen LogP contribution in [0.25, 0.3) is 0 Å². The largest absolute Gasteiger partial charge is 0.347 e. The summed E-state index contributed by atoms with van der Waals surface area (Å²) in [5.74, 6) is -0.549. The van der Waals surface area contributed by atoms with Gasteiger partial charge in [0.15, 0.2) is 0 Å². The second-order valence-corrected chi connectivity index (χ2v) is 5.71. The number of nitrogens with one attached hydrogen (secondary N) is 1. The monoisotopic (exact) mass is 316 g/mol. The normalized spacial score (nSPS) is 17.0. The number of hydrogen-bond acceptors (Lipinski definition) is 3. The smallest absolute Gasteiger partial charge is 0.276 e. The topological polar surface area (TPSA) is 79.5 Å². The molecule has 0 radical (unpaired) electrons. The van der Waals surface area contributed by atoms with Gasteiger partial charge in [0.2, 0.25) is 0 Å². The summed E-state index contributed by atoms with van der Waals surface area (Å²) in [5, 5.41) is 8.79. The van der Waals surface area contributed by atoms with Gasteiger partial charge in [-0.3, -0.25) is 14.8 Å². The molecule has 122 valence electrons. The zero-order chi connectivity index (χ0) is 16.6. The standard InChI is InChI=1S/C16H20N4O3/c1-3-12-14-9-11(15(21)17-23)10-19(14)7-8-20(12)16(22)13-5-4-6-18(13)2/h4-6,9-10,12,23H,3,7-8H2,1-2H3,(H,17,21). The first kappa shape index (κ1) is 15.4. The highest BCUT2D eigenvalue weighted by Gasteiger charge is 2.32. The van der Waals surface area contributed by atoms with E-state index in [0.29, 0.717) is 24.3 Å². The van der Waals surface area contributed by atoms with Crippen LogP contribution in [-0.2, 0) is 13.6 Å². The second-order valence-electron chi connectivity index (χ2n) is 5.71. The predicted octanol–water partition coefficient (Wildman–Crippen LogP) is 1.55. The fourth-order valence-corrected chi connectivity index (χ4v) is 3.23. The zero-order valence-corrected chi connectivity index (χ0v) is 13.2. The van der Waals surface area contributed by atoms with Crippen molar-refractivity contribution >= 4 is 11.8 Å². The molecule has 1 aliphatic heterocycles. The lowest BCUT2D eigenvalue weighted by molar-refractivity contribution is 0.0607. The molecular weight excluding hydrogens is 296 g/mol. The van der Waals surface area contributed by atoms with Crippen LogP contribution in [0.2, 0.25) is 0 Å². The quantitative estimate of drug-likeness (QED) is 0.666. The maximum absolute atomic E-state index is 12.8. The average molecular weight is 316 g/mol. The van der Waals surface area contributed by atoms with Crippen LogP contribution in [-0.4, -0.2) is 37.6 Å². The first-order chi connectivity index (χ1) is 11.1. The summed E-state index contributed by atoms with van der Waals surface area (Å²) in [6, 6.07) is 5.31. The van der Waals surface area contributed by atoms with Crippen molar-refractivity contribution in [2.75, 3.05) is 6.54 Å². The summed E-state index contributed by atoms with van der Waals surface area (Å²) < 4.78 is 3.79. The van der Waals surface area contributed by atoms with Gasteiger partial charge in [-0.25, -0.2) is 5.48 Å². The van der Waals surface area contributed by atoms with Crippen molar-refractivity contribution in [3.8, 4) is 0 Å². The predicted molar refractivity (Wildman–Crippen MR) is 83.2 cm³/mol. The summed E-state index contributed by atoms with van der Waals surface area (Å²) in [5.41, 5.74) is 3.61. The molecule has 7 heteroatoms. The fraction of sp³-hybridized carbons (Fsp3) is 0.375. The van der Waals surface area contributed by atoms with Crippen LogP contribution in [0.5, 0.6) is 0 Å². The SMILES string of the molecule is CCC1c2cc(C(=O)NO)cn2CCN1C(=O)c1cccn1C. The van der Waals surface area contributed by atoms with Crippen molar-refractivity contribution in [1.82, 2.24) is 19.5 Å². The molecule has 0 spiro atoms. The van der Waals surface area contributed by atoms with E-state index in [0.717, 1.165) is 12.1 Å². The van der Waals surface area contributed by atoms with E-state index in [4.69, 9.17) is 5.21 Å². The Bertz CT molecular complexity index is 746. The molecule has 1 unspecified atom stereocenters.